The van der Waals surface area contributed by atoms with Gasteiger partial charge in [0.2, 0.25) is 0 Å². The number of benzene rings is 3. The van der Waals surface area contributed by atoms with Gasteiger partial charge in [0, 0.05) is 21.9 Å². The van der Waals surface area contributed by atoms with E-state index in [9.17, 15) is 9.59 Å². The molecule has 0 radical (unpaired) electrons. The molecule has 2 N–H and O–H groups in total. The first-order valence-electron chi connectivity index (χ1n) is 9.80. The molecule has 0 aliphatic carbocycles. The second-order valence-electron chi connectivity index (χ2n) is 6.95. The van der Waals surface area contributed by atoms with Crippen molar-refractivity contribution in [3.8, 4) is 11.5 Å². The molecule has 1 heterocycles. The van der Waals surface area contributed by atoms with Crippen molar-refractivity contribution in [2.75, 3.05) is 26.1 Å². The van der Waals surface area contributed by atoms with E-state index in [-0.39, 0.29) is 11.8 Å². The summed E-state index contributed by atoms with van der Waals surface area (Å²) >= 11 is 1.51. The van der Waals surface area contributed by atoms with Crippen molar-refractivity contribution < 1.29 is 19.1 Å². The highest BCUT2D eigenvalue weighted by atomic mass is 32.2. The standard InChI is InChI=1S/C24H22N2O4S/c1-29-17-8-9-20(30-2)15(13-17)11-12-25-23(27)16-7-10-22-19(14-16)26-24(28)18-5-3-4-6-21(18)31-22/h3-10,13-14H,11-12H2,1-2H3,(H,25,27)(H,26,28). The van der Waals surface area contributed by atoms with E-state index >= 15 is 0 Å². The van der Waals surface area contributed by atoms with Crippen LogP contribution in [0.15, 0.2) is 70.5 Å². The molecule has 0 saturated carbocycles. The van der Waals surface area contributed by atoms with Gasteiger partial charge in [0.05, 0.1) is 25.5 Å². The summed E-state index contributed by atoms with van der Waals surface area (Å²) in [4.78, 5) is 27.0. The molecule has 3 aromatic rings. The lowest BCUT2D eigenvalue weighted by atomic mass is 10.1. The van der Waals surface area contributed by atoms with E-state index in [4.69, 9.17) is 9.47 Å². The first-order chi connectivity index (χ1) is 15.1. The van der Waals surface area contributed by atoms with Gasteiger partial charge in [0.15, 0.2) is 0 Å². The number of fused-ring (bicyclic) bond motifs is 2. The number of carbonyl (C=O) groups excluding carboxylic acids is 2. The summed E-state index contributed by atoms with van der Waals surface area (Å²) in [5.41, 5.74) is 2.70. The lowest BCUT2D eigenvalue weighted by Gasteiger charge is -2.12. The van der Waals surface area contributed by atoms with Gasteiger partial charge in [-0.05, 0) is 60.5 Å². The van der Waals surface area contributed by atoms with Crippen molar-refractivity contribution >= 4 is 29.3 Å². The summed E-state index contributed by atoms with van der Waals surface area (Å²) in [6.45, 7) is 0.437. The number of hydrogen-bond donors (Lipinski definition) is 2. The number of amides is 2. The monoisotopic (exact) mass is 434 g/mol. The molecule has 0 saturated heterocycles. The van der Waals surface area contributed by atoms with E-state index in [0.29, 0.717) is 29.8 Å². The molecule has 0 atom stereocenters. The van der Waals surface area contributed by atoms with Crippen LogP contribution in [-0.4, -0.2) is 32.6 Å². The highest BCUT2D eigenvalue weighted by Gasteiger charge is 2.20. The third-order valence-corrected chi connectivity index (χ3v) is 6.16. The Morgan fingerprint density at radius 1 is 1.00 bits per heavy atom. The first kappa shape index (κ1) is 20.8. The molecule has 1 aliphatic rings. The average Bonchev–Trinajstić information content (AvgIpc) is 2.94. The highest BCUT2D eigenvalue weighted by molar-refractivity contribution is 7.99. The second kappa shape index (κ2) is 9.14. The van der Waals surface area contributed by atoms with Crippen molar-refractivity contribution in [2.45, 2.75) is 16.2 Å². The summed E-state index contributed by atoms with van der Waals surface area (Å²) in [5.74, 6) is 1.11. The zero-order valence-corrected chi connectivity index (χ0v) is 18.0. The quantitative estimate of drug-likeness (QED) is 0.602. The summed E-state index contributed by atoms with van der Waals surface area (Å²) in [7, 11) is 3.23. The van der Waals surface area contributed by atoms with Crippen LogP contribution in [0, 0.1) is 0 Å². The first-order valence-corrected chi connectivity index (χ1v) is 10.6. The molecular weight excluding hydrogens is 412 g/mol. The smallest absolute Gasteiger partial charge is 0.256 e. The Morgan fingerprint density at radius 2 is 1.84 bits per heavy atom. The number of hydrogen-bond acceptors (Lipinski definition) is 5. The average molecular weight is 435 g/mol. The fraction of sp³-hybridized carbons (Fsp3) is 0.167. The van der Waals surface area contributed by atoms with Crippen LogP contribution in [0.5, 0.6) is 11.5 Å². The molecule has 2 amide bonds. The Kier molecular flexibility index (Phi) is 6.13. The van der Waals surface area contributed by atoms with E-state index in [1.165, 1.54) is 11.8 Å². The van der Waals surface area contributed by atoms with Crippen molar-refractivity contribution in [2.24, 2.45) is 0 Å². The van der Waals surface area contributed by atoms with Crippen molar-refractivity contribution in [1.29, 1.82) is 0 Å². The fourth-order valence-corrected chi connectivity index (χ4v) is 4.41. The number of rotatable bonds is 6. The van der Waals surface area contributed by atoms with Crippen LogP contribution >= 0.6 is 11.8 Å². The van der Waals surface area contributed by atoms with Gasteiger partial charge in [0.1, 0.15) is 11.5 Å². The number of carbonyl (C=O) groups is 2. The van der Waals surface area contributed by atoms with Crippen molar-refractivity contribution in [3.05, 3.63) is 77.4 Å². The fourth-order valence-electron chi connectivity index (χ4n) is 3.40. The van der Waals surface area contributed by atoms with Crippen molar-refractivity contribution in [1.82, 2.24) is 5.32 Å². The van der Waals surface area contributed by atoms with E-state index in [2.05, 4.69) is 10.6 Å². The van der Waals surface area contributed by atoms with E-state index in [0.717, 1.165) is 26.9 Å². The molecule has 0 fully saturated rings. The summed E-state index contributed by atoms with van der Waals surface area (Å²) in [6, 6.07) is 18.4. The number of anilines is 1. The summed E-state index contributed by atoms with van der Waals surface area (Å²) in [6.07, 6.45) is 0.596. The Labute approximate surface area is 185 Å². The zero-order valence-electron chi connectivity index (χ0n) is 17.2. The van der Waals surface area contributed by atoms with Gasteiger partial charge in [-0.1, -0.05) is 23.9 Å². The molecular formula is C24H22N2O4S. The van der Waals surface area contributed by atoms with Gasteiger partial charge in [-0.3, -0.25) is 9.59 Å². The van der Waals surface area contributed by atoms with Gasteiger partial charge >= 0.3 is 0 Å². The number of methoxy groups -OCH3 is 2. The topological polar surface area (TPSA) is 76.7 Å². The largest absolute Gasteiger partial charge is 0.497 e. The van der Waals surface area contributed by atoms with E-state index in [1.54, 1.807) is 32.4 Å². The predicted molar refractivity (Wildman–Crippen MR) is 121 cm³/mol. The predicted octanol–water partition coefficient (Wildman–Crippen LogP) is 4.39. The van der Waals surface area contributed by atoms with Gasteiger partial charge in [0.25, 0.3) is 11.8 Å². The van der Waals surface area contributed by atoms with Crippen LogP contribution in [0.4, 0.5) is 5.69 Å². The van der Waals surface area contributed by atoms with Gasteiger partial charge < -0.3 is 20.1 Å². The molecule has 3 aromatic carbocycles. The van der Waals surface area contributed by atoms with Crippen LogP contribution in [0.3, 0.4) is 0 Å². The molecule has 0 spiro atoms. The maximum Gasteiger partial charge on any atom is 0.256 e. The van der Waals surface area contributed by atoms with E-state index in [1.807, 2.05) is 42.5 Å². The van der Waals surface area contributed by atoms with Gasteiger partial charge in [-0.2, -0.15) is 0 Å². The summed E-state index contributed by atoms with van der Waals surface area (Å²) in [5, 5.41) is 5.85. The number of ether oxygens (including phenoxy) is 2. The summed E-state index contributed by atoms with van der Waals surface area (Å²) < 4.78 is 10.7. The van der Waals surface area contributed by atoms with Crippen molar-refractivity contribution in [3.63, 3.8) is 0 Å². The third kappa shape index (κ3) is 4.51. The van der Waals surface area contributed by atoms with Crippen LogP contribution in [0.1, 0.15) is 26.3 Å². The minimum Gasteiger partial charge on any atom is -0.497 e. The van der Waals surface area contributed by atoms with Crippen LogP contribution < -0.4 is 20.1 Å². The van der Waals surface area contributed by atoms with Gasteiger partial charge in [-0.15, -0.1) is 0 Å². The van der Waals surface area contributed by atoms with Crippen LogP contribution in [-0.2, 0) is 6.42 Å². The molecule has 0 aromatic heterocycles. The van der Waals surface area contributed by atoms with Crippen LogP contribution in [0.2, 0.25) is 0 Å². The lowest BCUT2D eigenvalue weighted by molar-refractivity contribution is 0.0952. The Morgan fingerprint density at radius 3 is 2.65 bits per heavy atom. The minimum atomic E-state index is -0.203. The Hall–Kier alpha value is -3.45. The Balaban J connectivity index is 1.45. The molecule has 158 valence electrons. The molecule has 0 bridgehead atoms. The highest BCUT2D eigenvalue weighted by Crippen LogP contribution is 2.39. The minimum absolute atomic E-state index is 0.176. The molecule has 0 unspecified atom stereocenters. The molecule has 1 aliphatic heterocycles. The SMILES string of the molecule is COc1ccc(OC)c(CCNC(=O)c2ccc3c(c2)NC(=O)c2ccccc2S3)c1. The molecule has 6 nitrogen and oxygen atoms in total. The molecule has 31 heavy (non-hydrogen) atoms. The second-order valence-corrected chi connectivity index (χ2v) is 8.03. The lowest BCUT2D eigenvalue weighted by Crippen LogP contribution is -2.26. The van der Waals surface area contributed by atoms with Crippen LogP contribution in [0.25, 0.3) is 0 Å². The van der Waals surface area contributed by atoms with Gasteiger partial charge in [-0.25, -0.2) is 0 Å². The molecule has 7 heteroatoms. The molecule has 4 rings (SSSR count). The third-order valence-electron chi connectivity index (χ3n) is 5.01. The zero-order chi connectivity index (χ0) is 21.8. The Bertz CT molecular complexity index is 1150. The number of nitrogens with one attached hydrogen (secondary N) is 2. The maximum atomic E-state index is 12.7. The normalized spacial score (nSPS) is 12.1. The maximum absolute atomic E-state index is 12.7. The van der Waals surface area contributed by atoms with E-state index < -0.39 is 0 Å².